The zero-order chi connectivity index (χ0) is 12.0. The molecule has 1 aliphatic rings. The molecule has 0 aromatic carbocycles. The van der Waals surface area contributed by atoms with Crippen LogP contribution in [0.2, 0.25) is 0 Å². The number of nitrogens with two attached hydrogens (primary N) is 1. The third-order valence-electron chi connectivity index (χ3n) is 2.74. The Morgan fingerprint density at radius 2 is 2.06 bits per heavy atom. The van der Waals surface area contributed by atoms with Gasteiger partial charge >= 0.3 is 0 Å². The Kier molecular flexibility index (Phi) is 4.80. The molecule has 88 valence electrons. The lowest BCUT2D eigenvalue weighted by Gasteiger charge is -2.29. The van der Waals surface area contributed by atoms with Crippen molar-refractivity contribution in [1.82, 2.24) is 10.2 Å². The number of nitrogens with zero attached hydrogens (tertiary/aromatic N) is 1. The summed E-state index contributed by atoms with van der Waals surface area (Å²) in [6.07, 6.45) is 6.50. The number of carbonyl (C=O) groups excluding carboxylic acids is 2. The zero-order valence-corrected chi connectivity index (χ0v) is 9.24. The van der Waals surface area contributed by atoms with Gasteiger partial charge in [-0.3, -0.25) is 14.5 Å². The molecule has 2 amide bonds. The molecule has 0 bridgehead atoms. The predicted octanol–water partition coefficient (Wildman–Crippen LogP) is -1.07. The molecular formula is C11H17N3O2. The van der Waals surface area contributed by atoms with Crippen LogP contribution in [0.3, 0.4) is 0 Å². The van der Waals surface area contributed by atoms with Gasteiger partial charge in [-0.1, -0.05) is 5.92 Å². The summed E-state index contributed by atoms with van der Waals surface area (Å²) < 4.78 is 0. The smallest absolute Gasteiger partial charge is 0.234 e. The molecular weight excluding hydrogens is 206 g/mol. The molecule has 1 heterocycles. The van der Waals surface area contributed by atoms with E-state index in [4.69, 9.17) is 12.2 Å². The number of primary amides is 1. The van der Waals surface area contributed by atoms with E-state index in [9.17, 15) is 9.59 Å². The maximum atomic E-state index is 11.3. The summed E-state index contributed by atoms with van der Waals surface area (Å²) in [4.78, 5) is 24.3. The summed E-state index contributed by atoms with van der Waals surface area (Å²) >= 11 is 0. The van der Waals surface area contributed by atoms with Crippen molar-refractivity contribution in [3.63, 3.8) is 0 Å². The van der Waals surface area contributed by atoms with E-state index in [1.807, 2.05) is 4.90 Å². The van der Waals surface area contributed by atoms with Crippen LogP contribution in [0, 0.1) is 18.3 Å². The molecule has 1 aliphatic heterocycles. The maximum Gasteiger partial charge on any atom is 0.234 e. The van der Waals surface area contributed by atoms with Gasteiger partial charge in [0.15, 0.2) is 0 Å². The first kappa shape index (κ1) is 12.5. The lowest BCUT2D eigenvalue weighted by atomic mass is 9.96. The topological polar surface area (TPSA) is 75.4 Å². The highest BCUT2D eigenvalue weighted by Gasteiger charge is 2.23. The maximum absolute atomic E-state index is 11.3. The van der Waals surface area contributed by atoms with Crippen molar-refractivity contribution in [3.05, 3.63) is 0 Å². The number of likely N-dealkylation sites (tertiary alicyclic amines) is 1. The fraction of sp³-hybridized carbons (Fsp3) is 0.636. The number of hydrogen-bond acceptors (Lipinski definition) is 3. The van der Waals surface area contributed by atoms with Gasteiger partial charge in [-0.15, -0.1) is 6.42 Å². The SMILES string of the molecule is C#CCNC(=O)CN1CCC(C(N)=O)CC1. The first-order chi connectivity index (χ1) is 7.63. The van der Waals surface area contributed by atoms with E-state index in [0.717, 1.165) is 25.9 Å². The molecule has 1 rings (SSSR count). The van der Waals surface area contributed by atoms with Crippen molar-refractivity contribution in [2.45, 2.75) is 12.8 Å². The number of hydrogen-bond donors (Lipinski definition) is 2. The molecule has 0 saturated carbocycles. The van der Waals surface area contributed by atoms with Crippen molar-refractivity contribution >= 4 is 11.8 Å². The molecule has 0 aliphatic carbocycles. The molecule has 3 N–H and O–H groups in total. The highest BCUT2D eigenvalue weighted by Crippen LogP contribution is 2.15. The van der Waals surface area contributed by atoms with Gasteiger partial charge in [0.05, 0.1) is 13.1 Å². The Labute approximate surface area is 95.4 Å². The number of rotatable bonds is 4. The number of amides is 2. The molecule has 16 heavy (non-hydrogen) atoms. The van der Waals surface area contributed by atoms with Crippen LogP contribution in [0.4, 0.5) is 0 Å². The van der Waals surface area contributed by atoms with Gasteiger partial charge in [-0.2, -0.15) is 0 Å². The van der Waals surface area contributed by atoms with Crippen LogP contribution < -0.4 is 11.1 Å². The van der Waals surface area contributed by atoms with Crippen LogP contribution in [0.1, 0.15) is 12.8 Å². The number of nitrogens with one attached hydrogen (secondary N) is 1. The third kappa shape index (κ3) is 3.91. The van der Waals surface area contributed by atoms with E-state index in [0.29, 0.717) is 6.54 Å². The predicted molar refractivity (Wildman–Crippen MR) is 60.2 cm³/mol. The molecule has 1 saturated heterocycles. The van der Waals surface area contributed by atoms with Crippen molar-refractivity contribution in [1.29, 1.82) is 0 Å². The highest BCUT2D eigenvalue weighted by molar-refractivity contribution is 5.78. The van der Waals surface area contributed by atoms with E-state index in [1.165, 1.54) is 0 Å². The molecule has 5 heteroatoms. The minimum atomic E-state index is -0.239. The van der Waals surface area contributed by atoms with Crippen LogP contribution in [0.25, 0.3) is 0 Å². The van der Waals surface area contributed by atoms with Crippen LogP contribution in [0.15, 0.2) is 0 Å². The van der Waals surface area contributed by atoms with Crippen molar-refractivity contribution < 1.29 is 9.59 Å². The second-order valence-corrected chi connectivity index (χ2v) is 3.93. The molecule has 0 spiro atoms. The summed E-state index contributed by atoms with van der Waals surface area (Å²) in [5.74, 6) is 2.00. The minimum absolute atomic E-state index is 0.0370. The highest BCUT2D eigenvalue weighted by atomic mass is 16.2. The second-order valence-electron chi connectivity index (χ2n) is 3.93. The molecule has 0 unspecified atom stereocenters. The number of terminal acetylenes is 1. The third-order valence-corrected chi connectivity index (χ3v) is 2.74. The van der Waals surface area contributed by atoms with E-state index in [-0.39, 0.29) is 24.3 Å². The Hall–Kier alpha value is -1.54. The first-order valence-corrected chi connectivity index (χ1v) is 5.35. The summed E-state index contributed by atoms with van der Waals surface area (Å²) in [5, 5.41) is 2.61. The fourth-order valence-corrected chi connectivity index (χ4v) is 1.78. The summed E-state index contributed by atoms with van der Waals surface area (Å²) in [6, 6.07) is 0. The van der Waals surface area contributed by atoms with Crippen LogP contribution in [-0.2, 0) is 9.59 Å². The molecule has 5 nitrogen and oxygen atoms in total. The van der Waals surface area contributed by atoms with Crippen LogP contribution >= 0.6 is 0 Å². The number of carbonyl (C=O) groups is 2. The van der Waals surface area contributed by atoms with Gasteiger partial charge in [0.25, 0.3) is 0 Å². The average molecular weight is 223 g/mol. The first-order valence-electron chi connectivity index (χ1n) is 5.35. The largest absolute Gasteiger partial charge is 0.369 e. The van der Waals surface area contributed by atoms with Crippen molar-refractivity contribution in [2.75, 3.05) is 26.2 Å². The normalized spacial score (nSPS) is 17.7. The van der Waals surface area contributed by atoms with Crippen molar-refractivity contribution in [2.24, 2.45) is 11.7 Å². The summed E-state index contributed by atoms with van der Waals surface area (Å²) in [5.41, 5.74) is 5.22. The van der Waals surface area contributed by atoms with Gasteiger partial charge in [-0.25, -0.2) is 0 Å². The quantitative estimate of drug-likeness (QED) is 0.596. The van der Waals surface area contributed by atoms with Gasteiger partial charge < -0.3 is 11.1 Å². The van der Waals surface area contributed by atoms with Gasteiger partial charge in [-0.05, 0) is 25.9 Å². The summed E-state index contributed by atoms with van der Waals surface area (Å²) in [7, 11) is 0. The molecule has 0 aromatic heterocycles. The molecule has 0 atom stereocenters. The Bertz CT molecular complexity index is 301. The Balaban J connectivity index is 2.24. The van der Waals surface area contributed by atoms with Gasteiger partial charge in [0.2, 0.25) is 11.8 Å². The number of piperidine rings is 1. The second kappa shape index (κ2) is 6.13. The lowest BCUT2D eigenvalue weighted by Crippen LogP contribution is -2.43. The monoisotopic (exact) mass is 223 g/mol. The summed E-state index contributed by atoms with van der Waals surface area (Å²) in [6.45, 7) is 2.07. The minimum Gasteiger partial charge on any atom is -0.369 e. The Morgan fingerprint density at radius 1 is 1.44 bits per heavy atom. The van der Waals surface area contributed by atoms with Gasteiger partial charge in [0.1, 0.15) is 0 Å². The van der Waals surface area contributed by atoms with E-state index < -0.39 is 0 Å². The Morgan fingerprint density at radius 3 is 2.56 bits per heavy atom. The van der Waals surface area contributed by atoms with E-state index in [2.05, 4.69) is 11.2 Å². The van der Waals surface area contributed by atoms with E-state index in [1.54, 1.807) is 0 Å². The zero-order valence-electron chi connectivity index (χ0n) is 9.24. The van der Waals surface area contributed by atoms with Crippen molar-refractivity contribution in [3.8, 4) is 12.3 Å². The van der Waals surface area contributed by atoms with Gasteiger partial charge in [0, 0.05) is 5.92 Å². The van der Waals surface area contributed by atoms with Crippen LogP contribution in [-0.4, -0.2) is 42.9 Å². The lowest BCUT2D eigenvalue weighted by molar-refractivity contribution is -0.124. The molecule has 1 fully saturated rings. The molecule has 0 radical (unpaired) electrons. The molecule has 0 aromatic rings. The van der Waals surface area contributed by atoms with E-state index >= 15 is 0 Å². The standard InChI is InChI=1S/C11H17N3O2/c1-2-5-13-10(15)8-14-6-3-9(4-7-14)11(12)16/h1,9H,3-8H2,(H2,12,16)(H,13,15). The van der Waals surface area contributed by atoms with Crippen LogP contribution in [0.5, 0.6) is 0 Å². The average Bonchev–Trinajstić information content (AvgIpc) is 2.27. The fourth-order valence-electron chi connectivity index (χ4n) is 1.78.